The Morgan fingerprint density at radius 1 is 1.04 bits per heavy atom. The summed E-state index contributed by atoms with van der Waals surface area (Å²) in [6.07, 6.45) is 4.06. The Balaban J connectivity index is 1.87. The van der Waals surface area contributed by atoms with E-state index in [1.807, 2.05) is 0 Å². The van der Waals surface area contributed by atoms with Crippen molar-refractivity contribution < 1.29 is 23.8 Å². The molecule has 0 aromatic carbocycles. The van der Waals surface area contributed by atoms with Crippen molar-refractivity contribution in [3.05, 3.63) is 18.7 Å². The Bertz CT molecular complexity index is 485. The number of hydrogen-bond donors (Lipinski definition) is 2. The zero-order valence-corrected chi connectivity index (χ0v) is 14.4. The van der Waals surface area contributed by atoms with Crippen molar-refractivity contribution in [3.63, 3.8) is 0 Å². The molecule has 2 amide bonds. The minimum absolute atomic E-state index is 0.249. The second-order valence-electron chi connectivity index (χ2n) is 5.86. The van der Waals surface area contributed by atoms with Gasteiger partial charge in [0.05, 0.1) is 26.4 Å². The van der Waals surface area contributed by atoms with Gasteiger partial charge < -0.3 is 24.8 Å². The summed E-state index contributed by atoms with van der Waals surface area (Å²) < 4.78 is 17.1. The number of ether oxygens (including phenoxy) is 3. The van der Waals surface area contributed by atoms with Crippen LogP contribution in [0.25, 0.3) is 0 Å². The fourth-order valence-electron chi connectivity index (χ4n) is 1.56. The van der Waals surface area contributed by atoms with Crippen LogP contribution >= 0.6 is 0 Å². The summed E-state index contributed by atoms with van der Waals surface area (Å²) in [4.78, 5) is 26.7. The van der Waals surface area contributed by atoms with Crippen LogP contribution in [0.15, 0.2) is 18.7 Å². The van der Waals surface area contributed by atoms with Gasteiger partial charge in [-0.15, -0.1) is 0 Å². The minimum atomic E-state index is -0.508. The molecule has 0 aliphatic rings. The van der Waals surface area contributed by atoms with Crippen molar-refractivity contribution in [2.75, 3.05) is 39.5 Å². The monoisotopic (exact) mass is 342 g/mol. The molecule has 0 atom stereocenters. The molecule has 0 spiro atoms. The number of aromatic nitrogens is 2. The quantitative estimate of drug-likeness (QED) is 0.649. The lowest BCUT2D eigenvalue weighted by atomic mass is 10.2. The van der Waals surface area contributed by atoms with Gasteiger partial charge in [-0.1, -0.05) is 0 Å². The van der Waals surface area contributed by atoms with Crippen molar-refractivity contribution in [2.45, 2.75) is 26.4 Å². The number of hydrogen-bond acceptors (Lipinski definition) is 6. The fraction of sp³-hybridized carbons (Fsp3) is 0.667. The van der Waals surface area contributed by atoms with Gasteiger partial charge in [-0.3, -0.25) is 4.57 Å². The smallest absolute Gasteiger partial charge is 0.407 e. The summed E-state index contributed by atoms with van der Waals surface area (Å²) >= 11 is 0. The summed E-state index contributed by atoms with van der Waals surface area (Å²) in [7, 11) is 0. The van der Waals surface area contributed by atoms with Gasteiger partial charge in [0, 0.05) is 25.5 Å². The van der Waals surface area contributed by atoms with Crippen molar-refractivity contribution >= 4 is 12.1 Å². The van der Waals surface area contributed by atoms with Crippen LogP contribution < -0.4 is 10.6 Å². The third kappa shape index (κ3) is 9.80. The van der Waals surface area contributed by atoms with Crippen LogP contribution in [0.2, 0.25) is 0 Å². The molecule has 0 fully saturated rings. The molecule has 0 aliphatic carbocycles. The van der Waals surface area contributed by atoms with Crippen LogP contribution in [0, 0.1) is 0 Å². The first-order chi connectivity index (χ1) is 11.4. The fourth-order valence-corrected chi connectivity index (χ4v) is 1.56. The standard InChI is InChI=1S/C15H26N4O5/c1-15(2,3)24-14(21)18-6-9-23-11-10-22-8-5-17-13(20)19-7-4-16-12-19/h4,7,12H,5-6,8-11H2,1-3H3,(H,17,20)(H,18,21). The topological polar surface area (TPSA) is 104 Å². The van der Waals surface area contributed by atoms with Crippen molar-refractivity contribution in [2.24, 2.45) is 0 Å². The van der Waals surface area contributed by atoms with Crippen LogP contribution in [0.1, 0.15) is 20.8 Å². The highest BCUT2D eigenvalue weighted by molar-refractivity contribution is 5.76. The molecule has 1 aromatic heterocycles. The first kappa shape index (κ1) is 19.9. The number of nitrogens with zero attached hydrogens (tertiary/aromatic N) is 2. The van der Waals surface area contributed by atoms with Crippen LogP contribution in [0.5, 0.6) is 0 Å². The van der Waals surface area contributed by atoms with E-state index in [-0.39, 0.29) is 6.03 Å². The molecule has 136 valence electrons. The van der Waals surface area contributed by atoms with Gasteiger partial charge in [0.2, 0.25) is 0 Å². The highest BCUT2D eigenvalue weighted by Gasteiger charge is 2.15. The van der Waals surface area contributed by atoms with Gasteiger partial charge in [-0.2, -0.15) is 0 Å². The zero-order valence-electron chi connectivity index (χ0n) is 14.4. The third-order valence-corrected chi connectivity index (χ3v) is 2.55. The third-order valence-electron chi connectivity index (χ3n) is 2.55. The molecule has 2 N–H and O–H groups in total. The Morgan fingerprint density at radius 2 is 1.67 bits per heavy atom. The van der Waals surface area contributed by atoms with E-state index in [1.165, 1.54) is 17.1 Å². The highest BCUT2D eigenvalue weighted by Crippen LogP contribution is 2.05. The predicted octanol–water partition coefficient (Wildman–Crippen LogP) is 0.999. The molecule has 24 heavy (non-hydrogen) atoms. The van der Waals surface area contributed by atoms with E-state index < -0.39 is 11.7 Å². The largest absolute Gasteiger partial charge is 0.444 e. The molecule has 9 heteroatoms. The van der Waals surface area contributed by atoms with Crippen LogP contribution in [-0.2, 0) is 14.2 Å². The minimum Gasteiger partial charge on any atom is -0.444 e. The van der Waals surface area contributed by atoms with Gasteiger partial charge in [0.25, 0.3) is 0 Å². The number of imidazole rings is 1. The summed E-state index contributed by atoms with van der Waals surface area (Å²) in [6, 6.07) is -0.249. The maximum atomic E-state index is 11.5. The Hall–Kier alpha value is -2.13. The van der Waals surface area contributed by atoms with E-state index in [2.05, 4.69) is 15.6 Å². The highest BCUT2D eigenvalue weighted by atomic mass is 16.6. The van der Waals surface area contributed by atoms with Gasteiger partial charge in [-0.25, -0.2) is 14.6 Å². The predicted molar refractivity (Wildman–Crippen MR) is 86.9 cm³/mol. The molecule has 1 rings (SSSR count). The second kappa shape index (κ2) is 10.6. The van der Waals surface area contributed by atoms with Gasteiger partial charge in [-0.05, 0) is 20.8 Å². The van der Waals surface area contributed by atoms with E-state index in [4.69, 9.17) is 14.2 Å². The van der Waals surface area contributed by atoms with Gasteiger partial charge in [0.1, 0.15) is 11.9 Å². The summed E-state index contributed by atoms with van der Waals surface area (Å²) in [5.74, 6) is 0. The average Bonchev–Trinajstić information content (AvgIpc) is 3.01. The molecule has 1 heterocycles. The molecule has 0 saturated carbocycles. The molecule has 0 saturated heterocycles. The number of nitrogens with one attached hydrogen (secondary N) is 2. The number of alkyl carbamates (subject to hydrolysis) is 1. The zero-order chi connectivity index (χ0) is 17.8. The first-order valence-corrected chi connectivity index (χ1v) is 7.77. The normalized spacial score (nSPS) is 11.1. The molecule has 0 radical (unpaired) electrons. The molecule has 0 aliphatic heterocycles. The van der Waals surface area contributed by atoms with E-state index in [0.717, 1.165) is 0 Å². The Morgan fingerprint density at radius 3 is 2.21 bits per heavy atom. The maximum Gasteiger partial charge on any atom is 0.407 e. The lowest BCUT2D eigenvalue weighted by Crippen LogP contribution is -2.34. The van der Waals surface area contributed by atoms with E-state index in [0.29, 0.717) is 39.5 Å². The van der Waals surface area contributed by atoms with Gasteiger partial charge >= 0.3 is 12.1 Å². The molecule has 0 unspecified atom stereocenters. The van der Waals surface area contributed by atoms with Crippen LogP contribution in [-0.4, -0.2) is 66.8 Å². The average molecular weight is 342 g/mol. The number of carbonyl (C=O) groups excluding carboxylic acids is 2. The molecule has 9 nitrogen and oxygen atoms in total. The van der Waals surface area contributed by atoms with Crippen LogP contribution in [0.3, 0.4) is 0 Å². The van der Waals surface area contributed by atoms with Crippen LogP contribution in [0.4, 0.5) is 9.59 Å². The second-order valence-corrected chi connectivity index (χ2v) is 5.86. The lowest BCUT2D eigenvalue weighted by molar-refractivity contribution is 0.0405. The van der Waals surface area contributed by atoms with E-state index in [9.17, 15) is 9.59 Å². The number of rotatable bonds is 9. The summed E-state index contributed by atoms with van der Waals surface area (Å²) in [5, 5.41) is 5.28. The molecular weight excluding hydrogens is 316 g/mol. The summed E-state index contributed by atoms with van der Waals surface area (Å²) in [5.41, 5.74) is -0.508. The van der Waals surface area contributed by atoms with Crippen molar-refractivity contribution in [3.8, 4) is 0 Å². The van der Waals surface area contributed by atoms with Gasteiger partial charge in [0.15, 0.2) is 0 Å². The molecular formula is C15H26N4O5. The summed E-state index contributed by atoms with van der Waals surface area (Å²) in [6.45, 7) is 7.76. The molecule has 1 aromatic rings. The van der Waals surface area contributed by atoms with Crippen molar-refractivity contribution in [1.82, 2.24) is 20.2 Å². The van der Waals surface area contributed by atoms with E-state index in [1.54, 1.807) is 27.0 Å². The Kier molecular flexibility index (Phi) is 8.80. The van der Waals surface area contributed by atoms with E-state index >= 15 is 0 Å². The Labute approximate surface area is 141 Å². The number of amides is 2. The SMILES string of the molecule is CC(C)(C)OC(=O)NCCOCCOCCNC(=O)n1ccnc1. The first-order valence-electron chi connectivity index (χ1n) is 7.77. The van der Waals surface area contributed by atoms with Crippen molar-refractivity contribution in [1.29, 1.82) is 0 Å². The molecule has 0 bridgehead atoms. The lowest BCUT2D eigenvalue weighted by Gasteiger charge is -2.19. The maximum absolute atomic E-state index is 11.5. The number of carbonyl (C=O) groups is 2.